The van der Waals surface area contributed by atoms with Gasteiger partial charge in [-0.05, 0) is 95.0 Å². The van der Waals surface area contributed by atoms with E-state index in [1.807, 2.05) is 11.3 Å². The minimum Gasteiger partial charge on any atom is -0.135 e. The highest BCUT2D eigenvalue weighted by Gasteiger charge is 2.21. The minimum absolute atomic E-state index is 1.23. The number of thiophene rings is 1. The molecule has 47 heavy (non-hydrogen) atoms. The van der Waals surface area contributed by atoms with Gasteiger partial charge in [-0.2, -0.15) is 0 Å². The molecule has 1 aromatic heterocycles. The summed E-state index contributed by atoms with van der Waals surface area (Å²) in [4.78, 5) is 2.56. The number of hydrogen-bond donors (Lipinski definition) is 0. The average Bonchev–Trinajstić information content (AvgIpc) is 3.65. The van der Waals surface area contributed by atoms with Crippen molar-refractivity contribution in [3.8, 4) is 54.3 Å². The fourth-order valence-corrected chi connectivity index (χ4v) is 8.19. The highest BCUT2D eigenvalue weighted by atomic mass is 32.1. The third kappa shape index (κ3) is 4.76. The Morgan fingerprint density at radius 1 is 0.277 bits per heavy atom. The van der Waals surface area contributed by atoms with Crippen LogP contribution in [0.4, 0.5) is 0 Å². The monoisotopic (exact) mass is 614 g/mol. The van der Waals surface area contributed by atoms with Gasteiger partial charge in [0.2, 0.25) is 0 Å². The van der Waals surface area contributed by atoms with Crippen LogP contribution in [-0.4, -0.2) is 0 Å². The van der Waals surface area contributed by atoms with Crippen molar-refractivity contribution in [1.29, 1.82) is 0 Å². The lowest BCUT2D eigenvalue weighted by molar-refractivity contribution is 1.63. The molecule has 1 heterocycles. The van der Waals surface area contributed by atoms with Crippen molar-refractivity contribution in [1.82, 2.24) is 0 Å². The Labute approximate surface area is 278 Å². The summed E-state index contributed by atoms with van der Waals surface area (Å²) < 4.78 is 0. The smallest absolute Gasteiger partial charge is 0.0349 e. The van der Waals surface area contributed by atoms with E-state index in [4.69, 9.17) is 0 Å². The van der Waals surface area contributed by atoms with Crippen LogP contribution in [-0.2, 0) is 0 Å². The molecule has 0 N–H and O–H groups in total. The zero-order valence-electron chi connectivity index (χ0n) is 25.7. The van der Waals surface area contributed by atoms with E-state index in [9.17, 15) is 0 Å². The SMILES string of the molecule is c1ccc(-c2ccc(-c3cccc(-c4c5ccccc5c(-c5c(-c6ccccc6)ccc6ccccc56)c5ccccc45)c3)s2)cc1. The third-order valence-corrected chi connectivity index (χ3v) is 10.5. The molecule has 220 valence electrons. The van der Waals surface area contributed by atoms with Crippen LogP contribution in [0.1, 0.15) is 0 Å². The van der Waals surface area contributed by atoms with Gasteiger partial charge >= 0.3 is 0 Å². The molecule has 0 bridgehead atoms. The van der Waals surface area contributed by atoms with Gasteiger partial charge in [0.15, 0.2) is 0 Å². The summed E-state index contributed by atoms with van der Waals surface area (Å²) in [7, 11) is 0. The standard InChI is InChI=1S/C46H30S/c1-3-14-31(15-4-1)37-27-26-32-16-7-8-21-36(32)45(37)46-40-24-11-9-22-38(40)44(39-23-10-12-25-41(39)46)35-20-13-19-34(30-35)43-29-28-42(47-43)33-17-5-2-6-18-33/h1-30H. The Morgan fingerprint density at radius 2 is 0.766 bits per heavy atom. The van der Waals surface area contributed by atoms with Crippen LogP contribution >= 0.6 is 11.3 Å². The summed E-state index contributed by atoms with van der Waals surface area (Å²) in [5.41, 5.74) is 10.1. The lowest BCUT2D eigenvalue weighted by atomic mass is 9.82. The highest BCUT2D eigenvalue weighted by Crippen LogP contribution is 2.48. The number of fused-ring (bicyclic) bond motifs is 3. The normalized spacial score (nSPS) is 11.4. The summed E-state index contributed by atoms with van der Waals surface area (Å²) in [6, 6.07) is 66.4. The highest BCUT2D eigenvalue weighted by molar-refractivity contribution is 7.18. The summed E-state index contributed by atoms with van der Waals surface area (Å²) in [5, 5.41) is 7.58. The molecule has 0 unspecified atom stereocenters. The summed E-state index contributed by atoms with van der Waals surface area (Å²) in [6.07, 6.45) is 0. The molecule has 0 fully saturated rings. The van der Waals surface area contributed by atoms with E-state index in [-0.39, 0.29) is 0 Å². The maximum Gasteiger partial charge on any atom is 0.0349 e. The van der Waals surface area contributed by atoms with Crippen molar-refractivity contribution in [2.45, 2.75) is 0 Å². The predicted molar refractivity (Wildman–Crippen MR) is 204 cm³/mol. The van der Waals surface area contributed by atoms with E-state index in [1.54, 1.807) is 0 Å². The molecule has 0 saturated heterocycles. The van der Waals surface area contributed by atoms with Crippen LogP contribution in [0, 0.1) is 0 Å². The summed E-state index contributed by atoms with van der Waals surface area (Å²) in [5.74, 6) is 0. The Balaban J connectivity index is 1.32. The average molecular weight is 615 g/mol. The fraction of sp³-hybridized carbons (Fsp3) is 0. The third-order valence-electron chi connectivity index (χ3n) is 9.30. The second-order valence-corrected chi connectivity index (χ2v) is 13.1. The molecule has 0 aliphatic rings. The van der Waals surface area contributed by atoms with Gasteiger partial charge in [0.05, 0.1) is 0 Å². The van der Waals surface area contributed by atoms with Gasteiger partial charge in [-0.3, -0.25) is 0 Å². The molecule has 0 amide bonds. The van der Waals surface area contributed by atoms with Crippen LogP contribution < -0.4 is 0 Å². The molecule has 0 aliphatic heterocycles. The van der Waals surface area contributed by atoms with E-state index in [2.05, 4.69) is 182 Å². The van der Waals surface area contributed by atoms with Crippen molar-refractivity contribution in [3.05, 3.63) is 182 Å². The molecular formula is C46H30S. The van der Waals surface area contributed by atoms with Crippen LogP contribution in [0.5, 0.6) is 0 Å². The fourth-order valence-electron chi connectivity index (χ4n) is 7.19. The van der Waals surface area contributed by atoms with Crippen LogP contribution in [0.15, 0.2) is 182 Å². The van der Waals surface area contributed by atoms with Gasteiger partial charge in [0.1, 0.15) is 0 Å². The predicted octanol–water partition coefficient (Wildman–Crippen LogP) is 13.5. The quantitative estimate of drug-likeness (QED) is 0.169. The first-order valence-corrected chi connectivity index (χ1v) is 16.9. The van der Waals surface area contributed by atoms with Crippen LogP contribution in [0.2, 0.25) is 0 Å². The molecule has 0 nitrogen and oxygen atoms in total. The zero-order valence-corrected chi connectivity index (χ0v) is 26.5. The molecule has 0 spiro atoms. The first-order chi connectivity index (χ1) is 23.3. The van der Waals surface area contributed by atoms with E-state index in [0.29, 0.717) is 0 Å². The lowest BCUT2D eigenvalue weighted by Crippen LogP contribution is -1.94. The minimum atomic E-state index is 1.23. The van der Waals surface area contributed by atoms with Gasteiger partial charge < -0.3 is 0 Å². The van der Waals surface area contributed by atoms with Gasteiger partial charge in [-0.15, -0.1) is 11.3 Å². The van der Waals surface area contributed by atoms with Gasteiger partial charge in [0, 0.05) is 9.75 Å². The first kappa shape index (κ1) is 27.5. The van der Waals surface area contributed by atoms with E-state index < -0.39 is 0 Å². The van der Waals surface area contributed by atoms with Crippen molar-refractivity contribution < 1.29 is 0 Å². The van der Waals surface area contributed by atoms with Gasteiger partial charge in [-0.25, -0.2) is 0 Å². The molecule has 8 aromatic carbocycles. The molecule has 0 radical (unpaired) electrons. The van der Waals surface area contributed by atoms with Gasteiger partial charge in [-0.1, -0.05) is 164 Å². The number of benzene rings is 8. The van der Waals surface area contributed by atoms with Gasteiger partial charge in [0.25, 0.3) is 0 Å². The maximum absolute atomic E-state index is 2.38. The lowest BCUT2D eigenvalue weighted by Gasteiger charge is -2.21. The number of hydrogen-bond acceptors (Lipinski definition) is 1. The molecule has 0 aliphatic carbocycles. The Bertz CT molecular complexity index is 2500. The zero-order chi connectivity index (χ0) is 31.2. The molecule has 9 rings (SSSR count). The van der Waals surface area contributed by atoms with E-state index in [1.165, 1.54) is 86.6 Å². The topological polar surface area (TPSA) is 0 Å². The second-order valence-electron chi connectivity index (χ2n) is 12.0. The Hall–Kier alpha value is -5.76. The van der Waals surface area contributed by atoms with Crippen molar-refractivity contribution in [3.63, 3.8) is 0 Å². The molecular weight excluding hydrogens is 585 g/mol. The largest absolute Gasteiger partial charge is 0.135 e. The Morgan fingerprint density at radius 3 is 1.43 bits per heavy atom. The van der Waals surface area contributed by atoms with E-state index in [0.717, 1.165) is 0 Å². The van der Waals surface area contributed by atoms with Crippen molar-refractivity contribution in [2.75, 3.05) is 0 Å². The first-order valence-electron chi connectivity index (χ1n) is 16.1. The summed E-state index contributed by atoms with van der Waals surface area (Å²) >= 11 is 1.85. The van der Waals surface area contributed by atoms with Crippen LogP contribution in [0.25, 0.3) is 86.6 Å². The van der Waals surface area contributed by atoms with Crippen molar-refractivity contribution >= 4 is 43.7 Å². The maximum atomic E-state index is 2.38. The van der Waals surface area contributed by atoms with E-state index >= 15 is 0 Å². The van der Waals surface area contributed by atoms with Crippen molar-refractivity contribution in [2.24, 2.45) is 0 Å². The molecule has 0 saturated carbocycles. The van der Waals surface area contributed by atoms with Crippen LogP contribution in [0.3, 0.4) is 0 Å². The molecule has 9 aromatic rings. The molecule has 1 heteroatoms. The second kappa shape index (κ2) is 11.6. The Kier molecular flexibility index (Phi) is 6.77. The molecule has 0 atom stereocenters. The number of rotatable bonds is 5. The summed E-state index contributed by atoms with van der Waals surface area (Å²) in [6.45, 7) is 0.